The van der Waals surface area contributed by atoms with Gasteiger partial charge in [-0.05, 0) is 55.0 Å². The Labute approximate surface area is 235 Å². The maximum atomic E-state index is 15.5. The predicted molar refractivity (Wildman–Crippen MR) is 146 cm³/mol. The zero-order valence-electron chi connectivity index (χ0n) is 22.8. The minimum absolute atomic E-state index is 0.00962. The highest BCUT2D eigenvalue weighted by molar-refractivity contribution is 5.89. The van der Waals surface area contributed by atoms with Crippen LogP contribution in [0.2, 0.25) is 0 Å². The first-order chi connectivity index (χ1) is 19.7. The largest absolute Gasteiger partial charge is 0.489 e. The molecule has 0 bridgehead atoms. The second-order valence-corrected chi connectivity index (χ2v) is 9.81. The lowest BCUT2D eigenvalue weighted by Gasteiger charge is -2.23. The Morgan fingerprint density at radius 1 is 1.10 bits per heavy atom. The first-order valence-electron chi connectivity index (χ1n) is 13.0. The van der Waals surface area contributed by atoms with Gasteiger partial charge in [0, 0.05) is 24.8 Å². The van der Waals surface area contributed by atoms with Gasteiger partial charge in [0.05, 0.1) is 38.3 Å². The lowest BCUT2D eigenvalue weighted by Crippen LogP contribution is -2.39. The van der Waals surface area contributed by atoms with E-state index in [1.165, 1.54) is 25.3 Å². The van der Waals surface area contributed by atoms with Crippen molar-refractivity contribution in [1.29, 1.82) is 0 Å². The molecule has 0 aliphatic carbocycles. The van der Waals surface area contributed by atoms with E-state index in [4.69, 9.17) is 18.6 Å². The maximum Gasteiger partial charge on any atom is 0.337 e. The summed E-state index contributed by atoms with van der Waals surface area (Å²) in [5.74, 6) is -1.30. The zero-order chi connectivity index (χ0) is 29.1. The summed E-state index contributed by atoms with van der Waals surface area (Å²) in [5, 5.41) is 2.88. The van der Waals surface area contributed by atoms with Crippen LogP contribution in [-0.4, -0.2) is 61.3 Å². The highest BCUT2D eigenvalue weighted by Crippen LogP contribution is 2.29. The predicted octanol–water partition coefficient (Wildman–Crippen LogP) is 5.18. The van der Waals surface area contributed by atoms with Gasteiger partial charge in [-0.15, -0.1) is 0 Å². The van der Waals surface area contributed by atoms with Gasteiger partial charge >= 0.3 is 5.97 Å². The van der Waals surface area contributed by atoms with Gasteiger partial charge in [0.1, 0.15) is 23.2 Å². The van der Waals surface area contributed by atoms with Crippen LogP contribution in [0.5, 0.6) is 5.75 Å². The van der Waals surface area contributed by atoms with E-state index >= 15 is 4.39 Å². The number of hydrogen-bond donors (Lipinski definition) is 1. The third-order valence-corrected chi connectivity index (χ3v) is 6.99. The van der Waals surface area contributed by atoms with Crippen LogP contribution in [0.4, 0.5) is 20.5 Å². The number of amides is 1. The molecular weight excluding hydrogens is 536 g/mol. The number of likely N-dealkylation sites (tertiary alicyclic amines) is 1. The average Bonchev–Trinajstić information content (AvgIpc) is 3.56. The molecule has 0 spiro atoms. The highest BCUT2D eigenvalue weighted by atomic mass is 19.1. The number of nitrogens with zero attached hydrogens (tertiary/aromatic N) is 2. The van der Waals surface area contributed by atoms with E-state index < -0.39 is 17.6 Å². The molecule has 2 atom stereocenters. The van der Waals surface area contributed by atoms with Gasteiger partial charge in [0.2, 0.25) is 5.91 Å². The topological polar surface area (TPSA) is 103 Å². The van der Waals surface area contributed by atoms with Crippen molar-refractivity contribution < 1.29 is 37.0 Å². The molecule has 5 rings (SSSR count). The molecule has 41 heavy (non-hydrogen) atoms. The fourth-order valence-corrected chi connectivity index (χ4v) is 4.89. The van der Waals surface area contributed by atoms with Crippen molar-refractivity contribution in [2.24, 2.45) is 0 Å². The molecule has 1 aliphatic rings. The first-order valence-corrected chi connectivity index (χ1v) is 13.0. The Bertz CT molecular complexity index is 1570. The molecule has 1 aliphatic heterocycles. The van der Waals surface area contributed by atoms with E-state index in [-0.39, 0.29) is 47.2 Å². The smallest absolute Gasteiger partial charge is 0.337 e. The number of anilines is 2. The van der Waals surface area contributed by atoms with Crippen molar-refractivity contribution in [2.45, 2.75) is 31.9 Å². The van der Waals surface area contributed by atoms with E-state index in [2.05, 4.69) is 10.3 Å². The molecule has 2 heterocycles. The number of ether oxygens (including phenoxy) is 3. The highest BCUT2D eigenvalue weighted by Gasteiger charge is 2.36. The molecule has 3 aromatic carbocycles. The molecular formula is C30H29F2N3O6. The molecule has 1 aromatic heterocycles. The molecule has 0 unspecified atom stereocenters. The number of aryl methyl sites for hydroxylation is 1. The Balaban J connectivity index is 1.28. The number of nitrogens with one attached hydrogen (secondary N) is 1. The molecule has 0 radical (unpaired) electrons. The average molecular weight is 566 g/mol. The number of carbonyl (C=O) groups is 2. The van der Waals surface area contributed by atoms with Crippen LogP contribution in [0.15, 0.2) is 59.0 Å². The normalized spacial score (nSPS) is 16.7. The summed E-state index contributed by atoms with van der Waals surface area (Å²) in [6.45, 7) is 2.38. The van der Waals surface area contributed by atoms with E-state index in [0.717, 1.165) is 5.56 Å². The summed E-state index contributed by atoms with van der Waals surface area (Å²) in [5.41, 5.74) is 1.93. The SMILES string of the molecule is COC[C@@H]1C[C@@H](Oc2ccc(C(=O)OC)cc2)CN1C(=O)Cc1ccc2nc(Nc3cc(F)ccc3C)oc2c1F. The summed E-state index contributed by atoms with van der Waals surface area (Å²) in [7, 11) is 2.86. The fraction of sp³-hybridized carbons (Fsp3) is 0.300. The van der Waals surface area contributed by atoms with Crippen LogP contribution in [0.3, 0.4) is 0 Å². The third-order valence-electron chi connectivity index (χ3n) is 6.99. The number of esters is 1. The number of fused-ring (bicyclic) bond motifs is 1. The van der Waals surface area contributed by atoms with E-state index in [0.29, 0.717) is 36.6 Å². The molecule has 4 aromatic rings. The number of benzene rings is 3. The number of rotatable bonds is 9. The van der Waals surface area contributed by atoms with Crippen molar-refractivity contribution in [2.75, 3.05) is 32.7 Å². The fourth-order valence-electron chi connectivity index (χ4n) is 4.89. The maximum absolute atomic E-state index is 15.5. The number of methoxy groups -OCH3 is 2. The number of oxazole rings is 1. The van der Waals surface area contributed by atoms with E-state index in [1.54, 1.807) is 55.3 Å². The van der Waals surface area contributed by atoms with Crippen molar-refractivity contribution in [3.8, 4) is 5.75 Å². The second-order valence-electron chi connectivity index (χ2n) is 9.81. The van der Waals surface area contributed by atoms with Gasteiger partial charge in [-0.2, -0.15) is 4.98 Å². The summed E-state index contributed by atoms with van der Waals surface area (Å²) < 4.78 is 50.8. The molecule has 11 heteroatoms. The summed E-state index contributed by atoms with van der Waals surface area (Å²) in [6.07, 6.45) is 0.00969. The molecule has 1 amide bonds. The minimum atomic E-state index is -0.687. The van der Waals surface area contributed by atoms with Crippen LogP contribution in [0.25, 0.3) is 11.1 Å². The van der Waals surface area contributed by atoms with Crippen molar-refractivity contribution in [3.05, 3.63) is 82.9 Å². The van der Waals surface area contributed by atoms with E-state index in [1.807, 2.05) is 0 Å². The standard InChI is InChI=1S/C30H29F2N3O6/c1-17-4-8-20(31)13-25(17)34-30-33-24-11-7-19(27(32)28(24)41-30)12-26(36)35-15-23(14-21(35)16-38-2)40-22-9-5-18(6-10-22)29(37)39-3/h4-11,13,21,23H,12,14-16H2,1-3H3,(H,33,34)/t21-,23+/m0/s1. The molecule has 0 saturated carbocycles. The molecule has 214 valence electrons. The van der Waals surface area contributed by atoms with Gasteiger partial charge < -0.3 is 28.8 Å². The van der Waals surface area contributed by atoms with Crippen molar-refractivity contribution in [3.63, 3.8) is 0 Å². The first kappa shape index (κ1) is 28.0. The minimum Gasteiger partial charge on any atom is -0.489 e. The van der Waals surface area contributed by atoms with Crippen molar-refractivity contribution >= 4 is 34.7 Å². The van der Waals surface area contributed by atoms with Crippen LogP contribution in [0.1, 0.15) is 27.9 Å². The summed E-state index contributed by atoms with van der Waals surface area (Å²) >= 11 is 0. The van der Waals surface area contributed by atoms with Crippen LogP contribution in [-0.2, 0) is 20.7 Å². The van der Waals surface area contributed by atoms with Gasteiger partial charge in [-0.25, -0.2) is 13.6 Å². The Morgan fingerprint density at radius 2 is 1.88 bits per heavy atom. The Hall–Kier alpha value is -4.51. The van der Waals surface area contributed by atoms with Gasteiger partial charge in [0.25, 0.3) is 6.01 Å². The zero-order valence-corrected chi connectivity index (χ0v) is 22.8. The summed E-state index contributed by atoms with van der Waals surface area (Å²) in [6, 6.07) is 13.6. The lowest BCUT2D eigenvalue weighted by atomic mass is 10.1. The quantitative estimate of drug-likeness (QED) is 0.277. The van der Waals surface area contributed by atoms with Crippen LogP contribution < -0.4 is 10.1 Å². The second kappa shape index (κ2) is 11.9. The lowest BCUT2D eigenvalue weighted by molar-refractivity contribution is -0.132. The number of aromatic nitrogens is 1. The number of carbonyl (C=O) groups excluding carboxylic acids is 2. The van der Waals surface area contributed by atoms with Gasteiger partial charge in [-0.3, -0.25) is 4.79 Å². The molecule has 9 nitrogen and oxygen atoms in total. The van der Waals surface area contributed by atoms with Crippen LogP contribution in [0, 0.1) is 18.6 Å². The van der Waals surface area contributed by atoms with Crippen molar-refractivity contribution in [1.82, 2.24) is 9.88 Å². The summed E-state index contributed by atoms with van der Waals surface area (Å²) in [4.78, 5) is 30.9. The Kier molecular flexibility index (Phi) is 8.16. The molecule has 1 saturated heterocycles. The van der Waals surface area contributed by atoms with Gasteiger partial charge in [-0.1, -0.05) is 12.1 Å². The Morgan fingerprint density at radius 3 is 2.61 bits per heavy atom. The van der Waals surface area contributed by atoms with Crippen LogP contribution >= 0.6 is 0 Å². The number of hydrogen-bond acceptors (Lipinski definition) is 8. The monoisotopic (exact) mass is 565 g/mol. The van der Waals surface area contributed by atoms with Gasteiger partial charge in [0.15, 0.2) is 11.4 Å². The number of halogens is 2. The molecule has 1 fully saturated rings. The molecule has 1 N–H and O–H groups in total. The van der Waals surface area contributed by atoms with E-state index in [9.17, 15) is 14.0 Å². The third kappa shape index (κ3) is 6.14.